The molecule has 0 bridgehead atoms. The van der Waals surface area contributed by atoms with Crippen molar-refractivity contribution in [1.29, 1.82) is 0 Å². The second-order valence-corrected chi connectivity index (χ2v) is 11.4. The van der Waals surface area contributed by atoms with Crippen LogP contribution in [0.1, 0.15) is 57.6 Å². The highest BCUT2D eigenvalue weighted by atomic mass is 32.2. The van der Waals surface area contributed by atoms with Gasteiger partial charge in [-0.3, -0.25) is 4.98 Å². The maximum atomic E-state index is 13.0. The summed E-state index contributed by atoms with van der Waals surface area (Å²) < 4.78 is 43.2. The summed E-state index contributed by atoms with van der Waals surface area (Å²) in [7, 11) is -3.36. The van der Waals surface area contributed by atoms with Crippen LogP contribution in [0, 0.1) is 5.92 Å². The molecule has 186 valence electrons. The fourth-order valence-electron chi connectivity index (χ4n) is 5.13. The zero-order valence-electron chi connectivity index (χ0n) is 19.7. The molecule has 3 aliphatic rings. The molecule has 3 fully saturated rings. The first-order valence-corrected chi connectivity index (χ1v) is 14.0. The van der Waals surface area contributed by atoms with E-state index >= 15 is 0 Å². The summed E-state index contributed by atoms with van der Waals surface area (Å²) in [5.74, 6) is 0.873. The van der Waals surface area contributed by atoms with Crippen LogP contribution in [0.3, 0.4) is 0 Å². The average molecular weight is 490 g/mol. The summed E-state index contributed by atoms with van der Waals surface area (Å²) in [6, 6.07) is 5.83. The zero-order valence-corrected chi connectivity index (χ0v) is 20.5. The van der Waals surface area contributed by atoms with Gasteiger partial charge in [-0.25, -0.2) is 4.68 Å². The Kier molecular flexibility index (Phi) is 7.48. The summed E-state index contributed by atoms with van der Waals surface area (Å²) in [5.41, 5.74) is 1.76. The maximum Gasteiger partial charge on any atom is 0.281 e. The van der Waals surface area contributed by atoms with Crippen LogP contribution in [-0.2, 0) is 14.9 Å². The number of nitrogens with zero attached hydrogens (tertiary/aromatic N) is 5. The lowest BCUT2D eigenvalue weighted by molar-refractivity contribution is -0.0384. The molecule has 5 rings (SSSR count). The molecule has 0 saturated carbocycles. The van der Waals surface area contributed by atoms with Crippen LogP contribution in [0.25, 0.3) is 11.4 Å². The van der Waals surface area contributed by atoms with E-state index in [2.05, 4.69) is 10.1 Å². The van der Waals surface area contributed by atoms with Crippen molar-refractivity contribution in [2.45, 2.75) is 57.6 Å². The van der Waals surface area contributed by atoms with Gasteiger partial charge in [-0.2, -0.15) is 22.1 Å². The molecule has 5 heterocycles. The van der Waals surface area contributed by atoms with Crippen molar-refractivity contribution in [3.63, 3.8) is 0 Å². The number of piperidine rings is 2. The first-order chi connectivity index (χ1) is 16.6. The molecule has 1 unspecified atom stereocenters. The molecule has 2 aromatic rings. The van der Waals surface area contributed by atoms with E-state index in [1.807, 2.05) is 22.9 Å². The van der Waals surface area contributed by atoms with Gasteiger partial charge in [-0.05, 0) is 63.1 Å². The highest BCUT2D eigenvalue weighted by Crippen LogP contribution is 2.28. The molecule has 0 amide bonds. The van der Waals surface area contributed by atoms with E-state index in [0.29, 0.717) is 38.5 Å². The van der Waals surface area contributed by atoms with Crippen molar-refractivity contribution in [1.82, 2.24) is 23.4 Å². The van der Waals surface area contributed by atoms with E-state index in [4.69, 9.17) is 9.47 Å². The SMILES string of the molecule is O=S(=O)(N1CCCCC1)N1CCC[C@@H](COc2ccc(-c3ccnn3C3CCCCO3)nc2)C1. The Bertz CT molecular complexity index is 1030. The van der Waals surface area contributed by atoms with Gasteiger partial charge in [0.2, 0.25) is 0 Å². The van der Waals surface area contributed by atoms with E-state index in [0.717, 1.165) is 69.4 Å². The lowest BCUT2D eigenvalue weighted by atomic mass is 10.0. The Morgan fingerprint density at radius 2 is 1.82 bits per heavy atom. The van der Waals surface area contributed by atoms with Gasteiger partial charge in [0, 0.05) is 44.9 Å². The normalized spacial score (nSPS) is 25.3. The summed E-state index contributed by atoms with van der Waals surface area (Å²) in [6.07, 6.45) is 11.5. The van der Waals surface area contributed by atoms with Gasteiger partial charge < -0.3 is 9.47 Å². The lowest BCUT2D eigenvalue weighted by Crippen LogP contribution is -2.50. The average Bonchev–Trinajstić information content (AvgIpc) is 3.39. The van der Waals surface area contributed by atoms with Crippen molar-refractivity contribution in [2.24, 2.45) is 5.92 Å². The van der Waals surface area contributed by atoms with Crippen molar-refractivity contribution >= 4 is 10.2 Å². The highest BCUT2D eigenvalue weighted by Gasteiger charge is 2.34. The molecule has 0 aromatic carbocycles. The van der Waals surface area contributed by atoms with E-state index in [1.54, 1.807) is 21.0 Å². The summed E-state index contributed by atoms with van der Waals surface area (Å²) in [6.45, 7) is 3.66. The molecular weight excluding hydrogens is 454 g/mol. The number of ether oxygens (including phenoxy) is 2. The Hall–Kier alpha value is -2.01. The molecule has 0 N–H and O–H groups in total. The Morgan fingerprint density at radius 3 is 2.59 bits per heavy atom. The first kappa shape index (κ1) is 23.7. The van der Waals surface area contributed by atoms with Gasteiger partial charge in [0.1, 0.15) is 5.75 Å². The van der Waals surface area contributed by atoms with Crippen LogP contribution >= 0.6 is 0 Å². The lowest BCUT2D eigenvalue weighted by Gasteiger charge is -2.36. The second-order valence-electron chi connectivity index (χ2n) is 9.51. The van der Waals surface area contributed by atoms with Crippen molar-refractivity contribution in [3.05, 3.63) is 30.6 Å². The van der Waals surface area contributed by atoms with Crippen molar-refractivity contribution < 1.29 is 17.9 Å². The van der Waals surface area contributed by atoms with Gasteiger partial charge in [-0.1, -0.05) is 6.42 Å². The van der Waals surface area contributed by atoms with E-state index < -0.39 is 10.2 Å². The van der Waals surface area contributed by atoms with Crippen LogP contribution < -0.4 is 4.74 Å². The number of rotatable bonds is 7. The smallest absolute Gasteiger partial charge is 0.281 e. The largest absolute Gasteiger partial charge is 0.492 e. The van der Waals surface area contributed by atoms with E-state index in [9.17, 15) is 8.42 Å². The van der Waals surface area contributed by atoms with Crippen LogP contribution in [0.4, 0.5) is 0 Å². The fraction of sp³-hybridized carbons (Fsp3) is 0.667. The third-order valence-corrected chi connectivity index (χ3v) is 9.03. The van der Waals surface area contributed by atoms with Crippen molar-refractivity contribution in [2.75, 3.05) is 39.4 Å². The first-order valence-electron chi connectivity index (χ1n) is 12.6. The Balaban J connectivity index is 1.17. The summed E-state index contributed by atoms with van der Waals surface area (Å²) >= 11 is 0. The third-order valence-electron chi connectivity index (χ3n) is 7.03. The number of hydrogen-bond acceptors (Lipinski definition) is 6. The van der Waals surface area contributed by atoms with E-state index in [-0.39, 0.29) is 12.1 Å². The molecule has 3 saturated heterocycles. The summed E-state index contributed by atoms with van der Waals surface area (Å²) in [4.78, 5) is 4.60. The second kappa shape index (κ2) is 10.7. The molecule has 2 atom stereocenters. The minimum atomic E-state index is -3.36. The molecular formula is C24H35N5O4S. The predicted octanol–water partition coefficient (Wildman–Crippen LogP) is 3.47. The standard InChI is InChI=1S/C24H35N5O4S/c30-34(31,27-13-3-1-4-14-27)28-15-6-7-20(18-28)19-33-21-9-10-22(25-17-21)23-11-12-26-29(23)24-8-2-5-16-32-24/h9-12,17,20,24H,1-8,13-16,18-19H2/t20-,24?/m1/s1. The minimum absolute atomic E-state index is 0.0352. The van der Waals surface area contributed by atoms with Crippen LogP contribution in [-0.4, -0.2) is 71.2 Å². The predicted molar refractivity (Wildman–Crippen MR) is 128 cm³/mol. The molecule has 34 heavy (non-hydrogen) atoms. The van der Waals surface area contributed by atoms with Gasteiger partial charge in [0.15, 0.2) is 6.23 Å². The molecule has 10 heteroatoms. The van der Waals surface area contributed by atoms with Gasteiger partial charge >= 0.3 is 0 Å². The van der Waals surface area contributed by atoms with Crippen LogP contribution in [0.2, 0.25) is 0 Å². The Labute approximate surface area is 202 Å². The minimum Gasteiger partial charge on any atom is -0.492 e. The maximum absolute atomic E-state index is 13.0. The summed E-state index contributed by atoms with van der Waals surface area (Å²) in [5, 5.41) is 4.46. The molecule has 9 nitrogen and oxygen atoms in total. The quantitative estimate of drug-likeness (QED) is 0.592. The number of pyridine rings is 1. The number of aromatic nitrogens is 3. The Morgan fingerprint density at radius 1 is 0.971 bits per heavy atom. The number of hydrogen-bond donors (Lipinski definition) is 0. The van der Waals surface area contributed by atoms with Crippen molar-refractivity contribution in [3.8, 4) is 17.1 Å². The van der Waals surface area contributed by atoms with Gasteiger partial charge in [0.05, 0.1) is 24.2 Å². The highest BCUT2D eigenvalue weighted by molar-refractivity contribution is 7.86. The van der Waals surface area contributed by atoms with Gasteiger partial charge in [0.25, 0.3) is 10.2 Å². The zero-order chi connectivity index (χ0) is 23.4. The molecule has 0 aliphatic carbocycles. The van der Waals surface area contributed by atoms with Crippen LogP contribution in [0.5, 0.6) is 5.75 Å². The van der Waals surface area contributed by atoms with Crippen LogP contribution in [0.15, 0.2) is 30.6 Å². The van der Waals surface area contributed by atoms with Gasteiger partial charge in [-0.15, -0.1) is 0 Å². The topological polar surface area (TPSA) is 89.8 Å². The molecule has 0 spiro atoms. The molecule has 3 aliphatic heterocycles. The van der Waals surface area contributed by atoms with E-state index in [1.165, 1.54) is 0 Å². The molecule has 0 radical (unpaired) electrons. The molecule has 2 aromatic heterocycles. The fourth-order valence-corrected chi connectivity index (χ4v) is 6.93. The monoisotopic (exact) mass is 489 g/mol. The third kappa shape index (κ3) is 5.30.